The lowest BCUT2D eigenvalue weighted by Gasteiger charge is -2.35. The lowest BCUT2D eigenvalue weighted by molar-refractivity contribution is -0.127. The number of Topliss-reactive ketones (excluding diaryl/α,β-unsaturated/α-hetero) is 1. The highest BCUT2D eigenvalue weighted by atomic mass is 16.5. The summed E-state index contributed by atoms with van der Waals surface area (Å²) in [4.78, 5) is 23.5. The summed E-state index contributed by atoms with van der Waals surface area (Å²) in [5.41, 5.74) is 0.598. The Kier molecular flexibility index (Phi) is 6.15. The highest BCUT2D eigenvalue weighted by Gasteiger charge is 2.35. The maximum Gasteiger partial charge on any atom is 0.222 e. The summed E-state index contributed by atoms with van der Waals surface area (Å²) in [6.45, 7) is 5.82. The van der Waals surface area contributed by atoms with E-state index < -0.39 is 0 Å². The standard InChI is InChI=1S/C17H27NO4/c1-11(2)17(21)12-9-13(10-12)18-16(20)7-8-22-15-5-3-14(19)4-6-15/h12-15,19H,1,3-10H2,2H3,(H,18,20). The highest BCUT2D eigenvalue weighted by molar-refractivity contribution is 5.96. The van der Waals surface area contributed by atoms with Crippen molar-refractivity contribution in [1.29, 1.82) is 0 Å². The van der Waals surface area contributed by atoms with E-state index in [0.29, 0.717) is 18.6 Å². The van der Waals surface area contributed by atoms with Gasteiger partial charge in [0.15, 0.2) is 5.78 Å². The van der Waals surface area contributed by atoms with E-state index in [1.54, 1.807) is 6.92 Å². The van der Waals surface area contributed by atoms with Crippen LogP contribution in [0.5, 0.6) is 0 Å². The molecule has 5 heteroatoms. The van der Waals surface area contributed by atoms with Crippen LogP contribution in [0.3, 0.4) is 0 Å². The number of ether oxygens (including phenoxy) is 1. The second-order valence-electron chi connectivity index (χ2n) is 6.63. The molecule has 0 spiro atoms. The van der Waals surface area contributed by atoms with Gasteiger partial charge >= 0.3 is 0 Å². The first-order chi connectivity index (χ1) is 10.5. The molecule has 0 saturated heterocycles. The SMILES string of the molecule is C=C(C)C(=O)C1CC(NC(=O)CCOC2CCC(O)CC2)C1. The number of rotatable bonds is 7. The number of amides is 1. The van der Waals surface area contributed by atoms with Crippen LogP contribution in [0.2, 0.25) is 0 Å². The predicted octanol–water partition coefficient (Wildman–Crippen LogP) is 1.74. The van der Waals surface area contributed by atoms with Crippen molar-refractivity contribution >= 4 is 11.7 Å². The Morgan fingerprint density at radius 3 is 2.45 bits per heavy atom. The molecular weight excluding hydrogens is 282 g/mol. The Labute approximate surface area is 132 Å². The van der Waals surface area contributed by atoms with Gasteiger partial charge in [-0.15, -0.1) is 0 Å². The normalized spacial score (nSPS) is 31.2. The fourth-order valence-corrected chi connectivity index (χ4v) is 3.13. The zero-order chi connectivity index (χ0) is 16.1. The average molecular weight is 309 g/mol. The molecule has 22 heavy (non-hydrogen) atoms. The number of nitrogens with one attached hydrogen (secondary N) is 1. The molecule has 2 fully saturated rings. The number of aliphatic hydroxyl groups excluding tert-OH is 1. The second kappa shape index (κ2) is 7.88. The zero-order valence-electron chi connectivity index (χ0n) is 13.3. The van der Waals surface area contributed by atoms with Crippen molar-refractivity contribution in [2.24, 2.45) is 5.92 Å². The van der Waals surface area contributed by atoms with Gasteiger partial charge in [0.2, 0.25) is 5.91 Å². The topological polar surface area (TPSA) is 75.6 Å². The molecule has 0 aromatic heterocycles. The van der Waals surface area contributed by atoms with Gasteiger partial charge in [-0.05, 0) is 51.0 Å². The number of carbonyl (C=O) groups is 2. The van der Waals surface area contributed by atoms with Gasteiger partial charge in [-0.1, -0.05) is 6.58 Å². The van der Waals surface area contributed by atoms with Crippen LogP contribution < -0.4 is 5.32 Å². The molecule has 0 aromatic rings. The number of ketones is 1. The Morgan fingerprint density at radius 2 is 1.86 bits per heavy atom. The van der Waals surface area contributed by atoms with Crippen molar-refractivity contribution in [1.82, 2.24) is 5.32 Å². The van der Waals surface area contributed by atoms with E-state index in [-0.39, 0.29) is 35.9 Å². The molecule has 2 N–H and O–H groups in total. The molecule has 5 nitrogen and oxygen atoms in total. The third-order valence-corrected chi connectivity index (χ3v) is 4.62. The lowest BCUT2D eigenvalue weighted by atomic mass is 9.76. The summed E-state index contributed by atoms with van der Waals surface area (Å²) < 4.78 is 5.69. The van der Waals surface area contributed by atoms with Gasteiger partial charge in [0.25, 0.3) is 0 Å². The molecule has 0 bridgehead atoms. The van der Waals surface area contributed by atoms with E-state index in [0.717, 1.165) is 38.5 Å². The van der Waals surface area contributed by atoms with E-state index in [2.05, 4.69) is 11.9 Å². The Hall–Kier alpha value is -1.20. The van der Waals surface area contributed by atoms with Gasteiger partial charge in [0, 0.05) is 18.4 Å². The van der Waals surface area contributed by atoms with Crippen LogP contribution in [0.25, 0.3) is 0 Å². The van der Waals surface area contributed by atoms with Crippen molar-refractivity contribution in [3.05, 3.63) is 12.2 Å². The minimum Gasteiger partial charge on any atom is -0.393 e. The van der Waals surface area contributed by atoms with Gasteiger partial charge in [0.1, 0.15) is 0 Å². The van der Waals surface area contributed by atoms with Crippen LogP contribution in [0.4, 0.5) is 0 Å². The lowest BCUT2D eigenvalue weighted by Crippen LogP contribution is -2.47. The molecule has 2 rings (SSSR count). The molecule has 0 heterocycles. The largest absolute Gasteiger partial charge is 0.393 e. The number of allylic oxidation sites excluding steroid dienone is 1. The van der Waals surface area contributed by atoms with Gasteiger partial charge < -0.3 is 15.2 Å². The Morgan fingerprint density at radius 1 is 1.23 bits per heavy atom. The fraction of sp³-hybridized carbons (Fsp3) is 0.765. The van der Waals surface area contributed by atoms with E-state index in [1.807, 2.05) is 0 Å². The van der Waals surface area contributed by atoms with Crippen LogP contribution in [0, 0.1) is 5.92 Å². The summed E-state index contributed by atoms with van der Waals surface area (Å²) in [7, 11) is 0. The van der Waals surface area contributed by atoms with Crippen LogP contribution in [0.15, 0.2) is 12.2 Å². The van der Waals surface area contributed by atoms with E-state index in [4.69, 9.17) is 4.74 Å². The maximum absolute atomic E-state index is 11.8. The third-order valence-electron chi connectivity index (χ3n) is 4.62. The zero-order valence-corrected chi connectivity index (χ0v) is 13.3. The average Bonchev–Trinajstić information content (AvgIpc) is 2.43. The molecule has 124 valence electrons. The second-order valence-corrected chi connectivity index (χ2v) is 6.63. The molecule has 2 saturated carbocycles. The third kappa shape index (κ3) is 4.92. The molecule has 2 aliphatic rings. The van der Waals surface area contributed by atoms with Crippen LogP contribution in [-0.4, -0.2) is 41.7 Å². The van der Waals surface area contributed by atoms with E-state index in [9.17, 15) is 14.7 Å². The molecule has 1 amide bonds. The number of hydrogen-bond donors (Lipinski definition) is 2. The van der Waals surface area contributed by atoms with E-state index >= 15 is 0 Å². The van der Waals surface area contributed by atoms with Gasteiger partial charge in [-0.25, -0.2) is 0 Å². The summed E-state index contributed by atoms with van der Waals surface area (Å²) in [5, 5.41) is 12.4. The molecule has 2 aliphatic carbocycles. The number of carbonyl (C=O) groups excluding carboxylic acids is 2. The molecule has 0 atom stereocenters. The van der Waals surface area contributed by atoms with Gasteiger partial charge in [-0.2, -0.15) is 0 Å². The number of aliphatic hydroxyl groups is 1. The molecule has 0 radical (unpaired) electrons. The van der Waals surface area contributed by atoms with Crippen molar-refractivity contribution in [3.63, 3.8) is 0 Å². The molecule has 0 aromatic carbocycles. The van der Waals surface area contributed by atoms with Crippen LogP contribution in [0.1, 0.15) is 51.9 Å². The maximum atomic E-state index is 11.8. The number of hydrogen-bond acceptors (Lipinski definition) is 4. The van der Waals surface area contributed by atoms with Crippen molar-refractivity contribution in [2.45, 2.75) is 70.1 Å². The van der Waals surface area contributed by atoms with Crippen LogP contribution in [-0.2, 0) is 14.3 Å². The predicted molar refractivity (Wildman–Crippen MR) is 83.3 cm³/mol. The minimum absolute atomic E-state index is 0.0120. The van der Waals surface area contributed by atoms with Gasteiger partial charge in [0.05, 0.1) is 18.8 Å². The molecule has 0 aliphatic heterocycles. The Bertz CT molecular complexity index is 420. The van der Waals surface area contributed by atoms with Crippen molar-refractivity contribution in [3.8, 4) is 0 Å². The van der Waals surface area contributed by atoms with Crippen LogP contribution >= 0.6 is 0 Å². The molecule has 0 unspecified atom stereocenters. The highest BCUT2D eigenvalue weighted by Crippen LogP contribution is 2.30. The monoisotopic (exact) mass is 309 g/mol. The van der Waals surface area contributed by atoms with E-state index in [1.165, 1.54) is 0 Å². The first-order valence-corrected chi connectivity index (χ1v) is 8.24. The van der Waals surface area contributed by atoms with Crippen molar-refractivity contribution in [2.75, 3.05) is 6.61 Å². The smallest absolute Gasteiger partial charge is 0.222 e. The summed E-state index contributed by atoms with van der Waals surface area (Å²) >= 11 is 0. The fourth-order valence-electron chi connectivity index (χ4n) is 3.13. The minimum atomic E-state index is -0.184. The molecular formula is C17H27NO4. The van der Waals surface area contributed by atoms with Crippen molar-refractivity contribution < 1.29 is 19.4 Å². The Balaban J connectivity index is 1.54. The quantitative estimate of drug-likeness (QED) is 0.702. The summed E-state index contributed by atoms with van der Waals surface area (Å²) in [5.74, 6) is 0.142. The van der Waals surface area contributed by atoms with Gasteiger partial charge in [-0.3, -0.25) is 9.59 Å². The summed E-state index contributed by atoms with van der Waals surface area (Å²) in [6.07, 6.45) is 5.11. The first-order valence-electron chi connectivity index (χ1n) is 8.24. The summed E-state index contributed by atoms with van der Waals surface area (Å²) in [6, 6.07) is 0.116. The first kappa shape index (κ1) is 17.2.